The third-order valence-corrected chi connectivity index (χ3v) is 3.58. The summed E-state index contributed by atoms with van der Waals surface area (Å²) >= 11 is 6.64. The van der Waals surface area contributed by atoms with Crippen LogP contribution < -0.4 is 9.47 Å². The minimum absolute atomic E-state index is 0.225. The first-order valence-electron chi connectivity index (χ1n) is 5.28. The van der Waals surface area contributed by atoms with Crippen LogP contribution in [0.4, 0.5) is 0 Å². The van der Waals surface area contributed by atoms with Gasteiger partial charge in [0.05, 0.1) is 23.2 Å². The molecule has 1 N–H and O–H groups in total. The largest absolute Gasteiger partial charge is 0.496 e. The van der Waals surface area contributed by atoms with Crippen molar-refractivity contribution < 1.29 is 24.1 Å². The number of hydrogen-bond acceptors (Lipinski definition) is 5. The number of methoxy groups -OCH3 is 2. The molecule has 0 aromatic heterocycles. The molecule has 0 saturated heterocycles. The molecule has 0 aliphatic rings. The van der Waals surface area contributed by atoms with Crippen LogP contribution >= 0.6 is 31.9 Å². The summed E-state index contributed by atoms with van der Waals surface area (Å²) in [5.41, 5.74) is -1.71. The van der Waals surface area contributed by atoms with Crippen molar-refractivity contribution in [3.8, 4) is 11.5 Å². The molecule has 0 heterocycles. The summed E-state index contributed by atoms with van der Waals surface area (Å²) in [6.07, 6.45) is 0. The molecule has 0 bridgehead atoms. The number of carbonyl (C=O) groups excluding carboxylic acids is 1. The van der Waals surface area contributed by atoms with Crippen LogP contribution in [-0.2, 0) is 9.53 Å². The zero-order valence-electron chi connectivity index (χ0n) is 10.7. The molecule has 5 nitrogen and oxygen atoms in total. The fourth-order valence-corrected chi connectivity index (χ4v) is 2.20. The van der Waals surface area contributed by atoms with Crippen LogP contribution in [0.5, 0.6) is 11.5 Å². The standard InChI is InChI=1S/C12H14Br2O5/c1-12(16,11(15)18-3)6-19-10-5-7(13)9(17-2)4-8(10)14/h4-5,16H,6H2,1-3H3. The molecule has 1 rings (SSSR count). The topological polar surface area (TPSA) is 65.0 Å². The zero-order valence-corrected chi connectivity index (χ0v) is 13.9. The van der Waals surface area contributed by atoms with Crippen LogP contribution in [-0.4, -0.2) is 37.5 Å². The quantitative estimate of drug-likeness (QED) is 0.773. The first-order valence-corrected chi connectivity index (χ1v) is 6.87. The van der Waals surface area contributed by atoms with Crippen molar-refractivity contribution >= 4 is 37.8 Å². The summed E-state index contributed by atoms with van der Waals surface area (Å²) in [5.74, 6) is 0.354. The highest BCUT2D eigenvalue weighted by Crippen LogP contribution is 2.36. The SMILES string of the molecule is COC(=O)C(C)(O)COc1cc(Br)c(OC)cc1Br. The van der Waals surface area contributed by atoms with Gasteiger partial charge >= 0.3 is 5.97 Å². The third-order valence-electron chi connectivity index (χ3n) is 2.34. The van der Waals surface area contributed by atoms with E-state index in [1.807, 2.05) is 0 Å². The smallest absolute Gasteiger partial charge is 0.341 e. The van der Waals surface area contributed by atoms with Gasteiger partial charge in [0.2, 0.25) is 0 Å². The highest BCUT2D eigenvalue weighted by Gasteiger charge is 2.32. The van der Waals surface area contributed by atoms with Crippen LogP contribution in [0.25, 0.3) is 0 Å². The predicted molar refractivity (Wildman–Crippen MR) is 76.5 cm³/mol. The lowest BCUT2D eigenvalue weighted by molar-refractivity contribution is -0.163. The van der Waals surface area contributed by atoms with E-state index >= 15 is 0 Å². The van der Waals surface area contributed by atoms with Crippen molar-refractivity contribution in [3.63, 3.8) is 0 Å². The number of carbonyl (C=O) groups is 1. The molecule has 1 atom stereocenters. The molecule has 106 valence electrons. The molecule has 0 fully saturated rings. The molecule has 0 aliphatic heterocycles. The van der Waals surface area contributed by atoms with E-state index < -0.39 is 11.6 Å². The highest BCUT2D eigenvalue weighted by atomic mass is 79.9. The van der Waals surface area contributed by atoms with E-state index in [1.54, 1.807) is 19.2 Å². The second-order valence-electron chi connectivity index (χ2n) is 3.97. The van der Waals surface area contributed by atoms with E-state index in [-0.39, 0.29) is 6.61 Å². The Bertz CT molecular complexity index is 473. The second kappa shape index (κ2) is 6.58. The number of halogens is 2. The van der Waals surface area contributed by atoms with E-state index in [1.165, 1.54) is 14.0 Å². The minimum atomic E-state index is -1.71. The molecule has 7 heteroatoms. The van der Waals surface area contributed by atoms with Gasteiger partial charge in [0, 0.05) is 0 Å². The number of hydrogen-bond donors (Lipinski definition) is 1. The van der Waals surface area contributed by atoms with Gasteiger partial charge in [-0.05, 0) is 50.9 Å². The molecule has 0 aliphatic carbocycles. The van der Waals surface area contributed by atoms with E-state index in [4.69, 9.17) is 9.47 Å². The molecule has 0 saturated carbocycles. The summed E-state index contributed by atoms with van der Waals surface area (Å²) in [7, 11) is 2.76. The lowest BCUT2D eigenvalue weighted by Crippen LogP contribution is -2.42. The van der Waals surface area contributed by atoms with Gasteiger partial charge in [-0.25, -0.2) is 4.79 Å². The Balaban J connectivity index is 2.84. The maximum Gasteiger partial charge on any atom is 0.341 e. The van der Waals surface area contributed by atoms with Gasteiger partial charge in [0.1, 0.15) is 18.1 Å². The van der Waals surface area contributed by atoms with Crippen molar-refractivity contribution in [2.45, 2.75) is 12.5 Å². The van der Waals surface area contributed by atoms with Gasteiger partial charge in [-0.1, -0.05) is 0 Å². The average molecular weight is 398 g/mol. The Labute approximate surface area is 128 Å². The second-order valence-corrected chi connectivity index (χ2v) is 5.68. The summed E-state index contributed by atoms with van der Waals surface area (Å²) < 4.78 is 16.4. The number of aliphatic hydroxyl groups is 1. The van der Waals surface area contributed by atoms with E-state index in [0.717, 1.165) is 0 Å². The zero-order chi connectivity index (χ0) is 14.6. The molecule has 1 aromatic rings. The van der Waals surface area contributed by atoms with Crippen molar-refractivity contribution in [1.82, 2.24) is 0 Å². The van der Waals surface area contributed by atoms with E-state index in [9.17, 15) is 9.90 Å². The molecule has 0 amide bonds. The Hall–Kier alpha value is -0.790. The Kier molecular flexibility index (Phi) is 5.64. The Morgan fingerprint density at radius 1 is 1.26 bits per heavy atom. The number of rotatable bonds is 5. The fraction of sp³-hybridized carbons (Fsp3) is 0.417. The third kappa shape index (κ3) is 4.09. The highest BCUT2D eigenvalue weighted by molar-refractivity contribution is 9.11. The molecule has 0 spiro atoms. The van der Waals surface area contributed by atoms with Gasteiger partial charge in [-0.15, -0.1) is 0 Å². The van der Waals surface area contributed by atoms with Crippen LogP contribution in [0.2, 0.25) is 0 Å². The molecule has 19 heavy (non-hydrogen) atoms. The van der Waals surface area contributed by atoms with Crippen molar-refractivity contribution in [1.29, 1.82) is 0 Å². The molecular formula is C12H14Br2O5. The average Bonchev–Trinajstić information content (AvgIpc) is 2.38. The summed E-state index contributed by atoms with van der Waals surface area (Å²) in [6, 6.07) is 3.39. The number of ether oxygens (including phenoxy) is 3. The summed E-state index contributed by atoms with van der Waals surface area (Å²) in [4.78, 5) is 11.3. The van der Waals surface area contributed by atoms with Crippen LogP contribution in [0.3, 0.4) is 0 Å². The van der Waals surface area contributed by atoms with Gasteiger partial charge in [-0.3, -0.25) is 0 Å². The predicted octanol–water partition coefficient (Wildman–Crippen LogP) is 2.52. The molecule has 0 radical (unpaired) electrons. The first kappa shape index (κ1) is 16.3. The Morgan fingerprint density at radius 2 is 1.79 bits per heavy atom. The Morgan fingerprint density at radius 3 is 2.32 bits per heavy atom. The van der Waals surface area contributed by atoms with Crippen LogP contribution in [0.15, 0.2) is 21.1 Å². The lowest BCUT2D eigenvalue weighted by Gasteiger charge is -2.21. The van der Waals surface area contributed by atoms with Crippen LogP contribution in [0, 0.1) is 0 Å². The number of benzene rings is 1. The minimum Gasteiger partial charge on any atom is -0.496 e. The van der Waals surface area contributed by atoms with Gasteiger partial charge in [0.15, 0.2) is 5.60 Å². The number of esters is 1. The molecule has 1 aromatic carbocycles. The fourth-order valence-electron chi connectivity index (χ4n) is 1.27. The first-order chi connectivity index (χ1) is 8.81. The lowest BCUT2D eigenvalue weighted by atomic mass is 10.1. The maximum atomic E-state index is 11.3. The van der Waals surface area contributed by atoms with Gasteiger partial charge in [-0.2, -0.15) is 0 Å². The van der Waals surface area contributed by atoms with Crippen molar-refractivity contribution in [2.75, 3.05) is 20.8 Å². The van der Waals surface area contributed by atoms with Crippen LogP contribution in [0.1, 0.15) is 6.92 Å². The van der Waals surface area contributed by atoms with Crippen molar-refractivity contribution in [2.24, 2.45) is 0 Å². The summed E-state index contributed by atoms with van der Waals surface area (Å²) in [6.45, 7) is 1.10. The maximum absolute atomic E-state index is 11.3. The van der Waals surface area contributed by atoms with E-state index in [2.05, 4.69) is 36.6 Å². The normalized spacial score (nSPS) is 13.6. The van der Waals surface area contributed by atoms with Gasteiger partial charge < -0.3 is 19.3 Å². The van der Waals surface area contributed by atoms with Gasteiger partial charge in [0.25, 0.3) is 0 Å². The van der Waals surface area contributed by atoms with E-state index in [0.29, 0.717) is 20.4 Å². The monoisotopic (exact) mass is 396 g/mol. The molecule has 1 unspecified atom stereocenters. The summed E-state index contributed by atoms with van der Waals surface area (Å²) in [5, 5.41) is 9.85. The van der Waals surface area contributed by atoms with Crippen molar-refractivity contribution in [3.05, 3.63) is 21.1 Å². The molecular weight excluding hydrogens is 384 g/mol.